The van der Waals surface area contributed by atoms with Crippen LogP contribution >= 0.6 is 12.2 Å². The van der Waals surface area contributed by atoms with E-state index in [1.54, 1.807) is 6.92 Å². The second kappa shape index (κ2) is 6.40. The van der Waals surface area contributed by atoms with E-state index in [-0.39, 0.29) is 17.5 Å². The number of hydrogen-bond donors (Lipinski definition) is 1. The van der Waals surface area contributed by atoms with Crippen molar-refractivity contribution >= 4 is 27.0 Å². The van der Waals surface area contributed by atoms with Crippen molar-refractivity contribution in [3.63, 3.8) is 0 Å². The van der Waals surface area contributed by atoms with Crippen molar-refractivity contribution in [3.05, 3.63) is 0 Å². The predicted octanol–water partition coefficient (Wildman–Crippen LogP) is 0.418. The van der Waals surface area contributed by atoms with Crippen LogP contribution in [0, 0.1) is 0 Å². The Balaban J connectivity index is 4.25. The molecule has 0 aliphatic heterocycles. The lowest BCUT2D eigenvalue weighted by Crippen LogP contribution is -2.40. The van der Waals surface area contributed by atoms with Crippen LogP contribution in [0.1, 0.15) is 20.8 Å². The maximum Gasteiger partial charge on any atom is 0.151 e. The SMILES string of the molecule is CCS(=O)(=O)CCN(CC(N)=S)C(C)C. The Morgan fingerprint density at radius 3 is 2.33 bits per heavy atom. The molecular weight excluding hydrogens is 232 g/mol. The van der Waals surface area contributed by atoms with Gasteiger partial charge in [-0.25, -0.2) is 8.42 Å². The third-order valence-electron chi connectivity index (χ3n) is 2.22. The van der Waals surface area contributed by atoms with Crippen molar-refractivity contribution in [1.29, 1.82) is 0 Å². The quantitative estimate of drug-likeness (QED) is 0.665. The lowest BCUT2D eigenvalue weighted by atomic mass is 10.3. The third kappa shape index (κ3) is 6.81. The molecule has 6 heteroatoms. The summed E-state index contributed by atoms with van der Waals surface area (Å²) in [6, 6.07) is 0.249. The maximum atomic E-state index is 11.3. The van der Waals surface area contributed by atoms with Gasteiger partial charge in [0.1, 0.15) is 0 Å². The standard InChI is InChI=1S/C9H20N2O2S2/c1-4-15(12,13)6-5-11(8(2)3)7-9(10)14/h8H,4-7H2,1-3H3,(H2,10,14). The highest BCUT2D eigenvalue weighted by molar-refractivity contribution is 7.91. The zero-order chi connectivity index (χ0) is 12.1. The van der Waals surface area contributed by atoms with E-state index in [0.29, 0.717) is 18.1 Å². The summed E-state index contributed by atoms with van der Waals surface area (Å²) in [7, 11) is -2.91. The van der Waals surface area contributed by atoms with Gasteiger partial charge in [-0.2, -0.15) is 0 Å². The highest BCUT2D eigenvalue weighted by Crippen LogP contribution is 2.00. The largest absolute Gasteiger partial charge is 0.392 e. The summed E-state index contributed by atoms with van der Waals surface area (Å²) in [6.45, 7) is 6.62. The second-order valence-electron chi connectivity index (χ2n) is 3.77. The fraction of sp³-hybridized carbons (Fsp3) is 0.889. The fourth-order valence-corrected chi connectivity index (χ4v) is 2.09. The zero-order valence-corrected chi connectivity index (χ0v) is 11.2. The molecule has 0 fully saturated rings. The van der Waals surface area contributed by atoms with Crippen LogP contribution in [0.3, 0.4) is 0 Å². The van der Waals surface area contributed by atoms with Crippen molar-refractivity contribution in [2.45, 2.75) is 26.8 Å². The van der Waals surface area contributed by atoms with Crippen molar-refractivity contribution in [3.8, 4) is 0 Å². The summed E-state index contributed by atoms with van der Waals surface area (Å²) in [4.78, 5) is 2.37. The number of nitrogens with zero attached hydrogens (tertiary/aromatic N) is 1. The van der Waals surface area contributed by atoms with Crippen LogP contribution in [-0.2, 0) is 9.84 Å². The minimum atomic E-state index is -2.91. The number of sulfone groups is 1. The number of thiocarbonyl (C=S) groups is 1. The molecule has 0 aliphatic carbocycles. The Morgan fingerprint density at radius 1 is 1.47 bits per heavy atom. The summed E-state index contributed by atoms with van der Waals surface area (Å²) in [5, 5.41) is 0. The Kier molecular flexibility index (Phi) is 6.31. The molecule has 0 aromatic carbocycles. The van der Waals surface area contributed by atoms with Crippen LogP contribution in [0.15, 0.2) is 0 Å². The van der Waals surface area contributed by atoms with Gasteiger partial charge in [-0.1, -0.05) is 19.1 Å². The number of nitrogens with two attached hydrogens (primary N) is 1. The van der Waals surface area contributed by atoms with Gasteiger partial charge in [-0.15, -0.1) is 0 Å². The molecule has 0 bridgehead atoms. The van der Waals surface area contributed by atoms with Crippen LogP contribution in [0.5, 0.6) is 0 Å². The van der Waals surface area contributed by atoms with E-state index >= 15 is 0 Å². The van der Waals surface area contributed by atoms with Crippen LogP contribution in [0.25, 0.3) is 0 Å². The Hall–Kier alpha value is -0.200. The van der Waals surface area contributed by atoms with E-state index < -0.39 is 9.84 Å². The molecule has 90 valence electrons. The Bertz CT molecular complexity index is 299. The molecule has 0 radical (unpaired) electrons. The first-order valence-electron chi connectivity index (χ1n) is 5.01. The number of hydrogen-bond acceptors (Lipinski definition) is 4. The van der Waals surface area contributed by atoms with Gasteiger partial charge >= 0.3 is 0 Å². The summed E-state index contributed by atoms with van der Waals surface area (Å²) in [5.41, 5.74) is 5.44. The maximum absolute atomic E-state index is 11.3. The van der Waals surface area contributed by atoms with Crippen molar-refractivity contribution in [1.82, 2.24) is 4.90 Å². The molecule has 0 aromatic heterocycles. The lowest BCUT2D eigenvalue weighted by molar-refractivity contribution is 0.268. The van der Waals surface area contributed by atoms with Gasteiger partial charge in [-0.05, 0) is 13.8 Å². The normalized spacial score (nSPS) is 12.3. The first-order valence-corrected chi connectivity index (χ1v) is 7.24. The zero-order valence-electron chi connectivity index (χ0n) is 9.56. The molecule has 2 N–H and O–H groups in total. The molecule has 0 rings (SSSR count). The average molecular weight is 252 g/mol. The van der Waals surface area contributed by atoms with Gasteiger partial charge in [0.2, 0.25) is 0 Å². The summed E-state index contributed by atoms with van der Waals surface area (Å²) in [6.07, 6.45) is 0. The monoisotopic (exact) mass is 252 g/mol. The number of rotatable bonds is 7. The Labute approximate surface area is 97.7 Å². The highest BCUT2D eigenvalue weighted by atomic mass is 32.2. The fourth-order valence-electron chi connectivity index (χ4n) is 1.12. The minimum absolute atomic E-state index is 0.171. The van der Waals surface area contributed by atoms with Gasteiger partial charge in [0.25, 0.3) is 0 Å². The molecular formula is C9H20N2O2S2. The molecule has 0 saturated carbocycles. The molecule has 15 heavy (non-hydrogen) atoms. The van der Waals surface area contributed by atoms with Crippen molar-refractivity contribution in [2.24, 2.45) is 5.73 Å². The van der Waals surface area contributed by atoms with E-state index in [9.17, 15) is 8.42 Å². The second-order valence-corrected chi connectivity index (χ2v) is 6.76. The molecule has 0 heterocycles. The van der Waals surface area contributed by atoms with Crippen LogP contribution < -0.4 is 5.73 Å². The summed E-state index contributed by atoms with van der Waals surface area (Å²) in [5.74, 6) is 0.357. The highest BCUT2D eigenvalue weighted by Gasteiger charge is 2.14. The lowest BCUT2D eigenvalue weighted by Gasteiger charge is -2.25. The molecule has 0 amide bonds. The van der Waals surface area contributed by atoms with Crippen LogP contribution in [0.2, 0.25) is 0 Å². The van der Waals surface area contributed by atoms with Gasteiger partial charge in [0, 0.05) is 24.9 Å². The molecule has 0 aliphatic rings. The van der Waals surface area contributed by atoms with E-state index in [2.05, 4.69) is 0 Å². The molecule has 0 saturated heterocycles. The van der Waals surface area contributed by atoms with Gasteiger partial charge in [0.05, 0.1) is 10.7 Å². The predicted molar refractivity (Wildman–Crippen MR) is 67.8 cm³/mol. The molecule has 0 atom stereocenters. The first kappa shape index (κ1) is 14.8. The van der Waals surface area contributed by atoms with E-state index in [1.807, 2.05) is 18.7 Å². The average Bonchev–Trinajstić information content (AvgIpc) is 2.11. The minimum Gasteiger partial charge on any atom is -0.392 e. The molecule has 0 unspecified atom stereocenters. The van der Waals surface area contributed by atoms with Crippen molar-refractivity contribution < 1.29 is 8.42 Å². The van der Waals surface area contributed by atoms with E-state index in [4.69, 9.17) is 18.0 Å². The first-order chi connectivity index (χ1) is 6.78. The van der Waals surface area contributed by atoms with Gasteiger partial charge in [-0.3, -0.25) is 4.90 Å². The smallest absolute Gasteiger partial charge is 0.151 e. The van der Waals surface area contributed by atoms with Crippen LogP contribution in [0.4, 0.5) is 0 Å². The molecule has 0 aromatic rings. The third-order valence-corrected chi connectivity index (χ3v) is 4.03. The van der Waals surface area contributed by atoms with Gasteiger partial charge < -0.3 is 5.73 Å². The summed E-state index contributed by atoms with van der Waals surface area (Å²) >= 11 is 4.81. The molecule has 4 nitrogen and oxygen atoms in total. The van der Waals surface area contributed by atoms with E-state index in [0.717, 1.165) is 0 Å². The van der Waals surface area contributed by atoms with Crippen LogP contribution in [-0.4, -0.2) is 48.9 Å². The topological polar surface area (TPSA) is 63.4 Å². The van der Waals surface area contributed by atoms with Crippen molar-refractivity contribution in [2.75, 3.05) is 24.6 Å². The summed E-state index contributed by atoms with van der Waals surface area (Å²) < 4.78 is 22.6. The molecule has 0 spiro atoms. The van der Waals surface area contributed by atoms with Gasteiger partial charge in [0.15, 0.2) is 9.84 Å². The van der Waals surface area contributed by atoms with E-state index in [1.165, 1.54) is 0 Å². The Morgan fingerprint density at radius 2 is 2.00 bits per heavy atom.